The molecule has 2 aromatic carbocycles. The molecule has 0 aromatic heterocycles. The van der Waals surface area contributed by atoms with Crippen molar-refractivity contribution in [1.29, 1.82) is 0 Å². The molecule has 4 nitrogen and oxygen atoms in total. The second-order valence-corrected chi connectivity index (χ2v) is 8.27. The number of piperidine rings is 1. The van der Waals surface area contributed by atoms with Crippen molar-refractivity contribution in [1.82, 2.24) is 4.31 Å². The van der Waals surface area contributed by atoms with Crippen molar-refractivity contribution in [3.63, 3.8) is 0 Å². The first-order chi connectivity index (χ1) is 12.0. The molecule has 1 aliphatic heterocycles. The number of hydrogen-bond donors (Lipinski definition) is 0. The summed E-state index contributed by atoms with van der Waals surface area (Å²) < 4.78 is 45.5. The quantitative estimate of drug-likeness (QED) is 0.817. The Morgan fingerprint density at radius 2 is 1.80 bits per heavy atom. The number of sulfonamides is 1. The first-order valence-corrected chi connectivity index (χ1v) is 9.82. The molecule has 0 N–H and O–H groups in total. The highest BCUT2D eigenvalue weighted by molar-refractivity contribution is 7.89. The third-order valence-electron chi connectivity index (χ3n) is 4.70. The van der Waals surface area contributed by atoms with E-state index in [1.807, 2.05) is 18.2 Å². The fourth-order valence-corrected chi connectivity index (χ4v) is 4.74. The molecule has 6 heteroatoms. The van der Waals surface area contributed by atoms with Crippen molar-refractivity contribution >= 4 is 10.0 Å². The fraction of sp³-hybridized carbons (Fsp3) is 0.368. The Hall–Kier alpha value is -1.92. The largest absolute Gasteiger partial charge is 0.494 e. The molecule has 0 bridgehead atoms. The minimum atomic E-state index is -3.62. The molecule has 0 amide bonds. The molecule has 134 valence electrons. The Morgan fingerprint density at radius 3 is 2.44 bits per heavy atom. The number of halogens is 1. The van der Waals surface area contributed by atoms with Gasteiger partial charge >= 0.3 is 0 Å². The molecule has 25 heavy (non-hydrogen) atoms. The monoisotopic (exact) mass is 363 g/mol. The summed E-state index contributed by atoms with van der Waals surface area (Å²) in [5.41, 5.74) is 1.28. The third-order valence-corrected chi connectivity index (χ3v) is 6.60. The first kappa shape index (κ1) is 17.9. The van der Waals surface area contributed by atoms with E-state index in [1.54, 1.807) is 0 Å². The van der Waals surface area contributed by atoms with Gasteiger partial charge in [0.15, 0.2) is 11.6 Å². The SMILES string of the molecule is COc1cc(S(=O)(=O)N2CCC(Cc3ccccc3)CC2)ccc1F. The Bertz CT molecular complexity index is 816. The van der Waals surface area contributed by atoms with Gasteiger partial charge in [0.1, 0.15) is 0 Å². The van der Waals surface area contributed by atoms with Crippen LogP contribution in [0.3, 0.4) is 0 Å². The van der Waals surface area contributed by atoms with Gasteiger partial charge in [0.05, 0.1) is 12.0 Å². The molecule has 1 aliphatic rings. The zero-order valence-electron chi connectivity index (χ0n) is 14.2. The van der Waals surface area contributed by atoms with Crippen molar-refractivity contribution in [2.45, 2.75) is 24.2 Å². The van der Waals surface area contributed by atoms with Crippen molar-refractivity contribution < 1.29 is 17.5 Å². The Labute approximate surface area is 148 Å². The highest BCUT2D eigenvalue weighted by Crippen LogP contribution is 2.28. The lowest BCUT2D eigenvalue weighted by Gasteiger charge is -2.31. The highest BCUT2D eigenvalue weighted by Gasteiger charge is 2.30. The van der Waals surface area contributed by atoms with Crippen molar-refractivity contribution in [2.24, 2.45) is 5.92 Å². The zero-order chi connectivity index (χ0) is 17.9. The van der Waals surface area contributed by atoms with E-state index >= 15 is 0 Å². The molecular weight excluding hydrogens is 341 g/mol. The predicted octanol–water partition coefficient (Wildman–Crippen LogP) is 3.48. The van der Waals surface area contributed by atoms with E-state index in [4.69, 9.17) is 4.74 Å². The van der Waals surface area contributed by atoms with E-state index < -0.39 is 15.8 Å². The van der Waals surface area contributed by atoms with Crippen LogP contribution in [0.25, 0.3) is 0 Å². The van der Waals surface area contributed by atoms with E-state index in [0.29, 0.717) is 19.0 Å². The van der Waals surface area contributed by atoms with Gasteiger partial charge in [0.2, 0.25) is 10.0 Å². The van der Waals surface area contributed by atoms with Gasteiger partial charge in [-0.3, -0.25) is 0 Å². The minimum absolute atomic E-state index is 0.0555. The molecule has 0 unspecified atom stereocenters. The molecule has 1 saturated heterocycles. The molecule has 3 rings (SSSR count). The van der Waals surface area contributed by atoms with Crippen LogP contribution in [0.5, 0.6) is 5.75 Å². The standard InChI is InChI=1S/C19H22FNO3S/c1-24-19-14-17(7-8-18(19)20)25(22,23)21-11-9-16(10-12-21)13-15-5-3-2-4-6-15/h2-8,14,16H,9-13H2,1H3. The van der Waals surface area contributed by atoms with E-state index in [1.165, 1.54) is 29.1 Å². The maximum absolute atomic E-state index is 13.5. The molecular formula is C19H22FNO3S. The number of ether oxygens (including phenoxy) is 1. The molecule has 0 spiro atoms. The van der Waals surface area contributed by atoms with Gasteiger partial charge in [-0.1, -0.05) is 30.3 Å². The van der Waals surface area contributed by atoms with Crippen LogP contribution in [-0.2, 0) is 16.4 Å². The maximum atomic E-state index is 13.5. The van der Waals surface area contributed by atoms with Crippen LogP contribution in [0.4, 0.5) is 4.39 Å². The van der Waals surface area contributed by atoms with E-state index in [0.717, 1.165) is 25.3 Å². The van der Waals surface area contributed by atoms with Crippen molar-refractivity contribution in [3.8, 4) is 5.75 Å². The van der Waals surface area contributed by atoms with Gasteiger partial charge in [0, 0.05) is 19.2 Å². The lowest BCUT2D eigenvalue weighted by Crippen LogP contribution is -2.38. The molecule has 2 aromatic rings. The molecule has 0 atom stereocenters. The van der Waals surface area contributed by atoms with Crippen LogP contribution < -0.4 is 4.74 Å². The smallest absolute Gasteiger partial charge is 0.243 e. The summed E-state index contributed by atoms with van der Waals surface area (Å²) in [4.78, 5) is 0.0762. The summed E-state index contributed by atoms with van der Waals surface area (Å²) in [5, 5.41) is 0. The zero-order valence-corrected chi connectivity index (χ0v) is 15.0. The summed E-state index contributed by atoms with van der Waals surface area (Å²) >= 11 is 0. The Balaban J connectivity index is 1.67. The average Bonchev–Trinajstić information content (AvgIpc) is 2.63. The average molecular weight is 363 g/mol. The molecule has 1 heterocycles. The summed E-state index contributed by atoms with van der Waals surface area (Å²) in [6.07, 6.45) is 2.62. The third kappa shape index (κ3) is 4.02. The van der Waals surface area contributed by atoms with E-state index in [2.05, 4.69) is 12.1 Å². The lowest BCUT2D eigenvalue weighted by molar-refractivity contribution is 0.272. The second-order valence-electron chi connectivity index (χ2n) is 6.33. The highest BCUT2D eigenvalue weighted by atomic mass is 32.2. The Kier molecular flexibility index (Phi) is 5.39. The normalized spacial score (nSPS) is 16.7. The fourth-order valence-electron chi connectivity index (χ4n) is 3.25. The van der Waals surface area contributed by atoms with Gasteiger partial charge in [-0.05, 0) is 42.9 Å². The maximum Gasteiger partial charge on any atom is 0.243 e. The van der Waals surface area contributed by atoms with Crippen LogP contribution in [0.2, 0.25) is 0 Å². The number of benzene rings is 2. The van der Waals surface area contributed by atoms with Gasteiger partial charge in [-0.2, -0.15) is 4.31 Å². The molecule has 1 fully saturated rings. The first-order valence-electron chi connectivity index (χ1n) is 8.38. The van der Waals surface area contributed by atoms with Crippen molar-refractivity contribution in [3.05, 3.63) is 59.9 Å². The topological polar surface area (TPSA) is 46.6 Å². The van der Waals surface area contributed by atoms with Gasteiger partial charge in [-0.15, -0.1) is 0 Å². The molecule has 0 radical (unpaired) electrons. The van der Waals surface area contributed by atoms with Crippen LogP contribution in [0.1, 0.15) is 18.4 Å². The molecule has 0 saturated carbocycles. The van der Waals surface area contributed by atoms with Gasteiger partial charge in [-0.25, -0.2) is 12.8 Å². The molecule has 0 aliphatic carbocycles. The van der Waals surface area contributed by atoms with Crippen molar-refractivity contribution in [2.75, 3.05) is 20.2 Å². The van der Waals surface area contributed by atoms with Crippen LogP contribution in [0.15, 0.2) is 53.4 Å². The summed E-state index contributed by atoms with van der Waals surface area (Å²) in [6.45, 7) is 0.971. The lowest BCUT2D eigenvalue weighted by atomic mass is 9.91. The number of nitrogens with zero attached hydrogens (tertiary/aromatic N) is 1. The summed E-state index contributed by atoms with van der Waals surface area (Å²) in [7, 11) is -2.30. The number of rotatable bonds is 5. The van der Waals surface area contributed by atoms with E-state index in [9.17, 15) is 12.8 Å². The number of methoxy groups -OCH3 is 1. The van der Waals surface area contributed by atoms with Crippen LogP contribution >= 0.6 is 0 Å². The summed E-state index contributed by atoms with van der Waals surface area (Å²) in [6, 6.07) is 13.9. The van der Waals surface area contributed by atoms with Crippen LogP contribution in [-0.4, -0.2) is 32.9 Å². The predicted molar refractivity (Wildman–Crippen MR) is 94.6 cm³/mol. The minimum Gasteiger partial charge on any atom is -0.494 e. The Morgan fingerprint density at radius 1 is 1.12 bits per heavy atom. The van der Waals surface area contributed by atoms with E-state index in [-0.39, 0.29) is 10.6 Å². The van der Waals surface area contributed by atoms with Gasteiger partial charge in [0.25, 0.3) is 0 Å². The number of hydrogen-bond acceptors (Lipinski definition) is 3. The second kappa shape index (κ2) is 7.54. The van der Waals surface area contributed by atoms with Gasteiger partial charge < -0.3 is 4.74 Å². The van der Waals surface area contributed by atoms with Crippen LogP contribution in [0, 0.1) is 11.7 Å². The summed E-state index contributed by atoms with van der Waals surface area (Å²) in [5.74, 6) is -0.139.